The molecule has 0 spiro atoms. The van der Waals surface area contributed by atoms with Gasteiger partial charge >= 0.3 is 0 Å². The molecule has 0 unspecified atom stereocenters. The minimum absolute atomic E-state index is 0.165. The van der Waals surface area contributed by atoms with Gasteiger partial charge in [-0.25, -0.2) is 18.4 Å². The van der Waals surface area contributed by atoms with Gasteiger partial charge in [-0.3, -0.25) is 4.90 Å². The van der Waals surface area contributed by atoms with Crippen molar-refractivity contribution in [3.05, 3.63) is 48.8 Å². The van der Waals surface area contributed by atoms with Crippen molar-refractivity contribution in [2.24, 2.45) is 0 Å². The number of hydrogen-bond donors (Lipinski definition) is 2. The number of ether oxygens (including phenoxy) is 1. The third-order valence-corrected chi connectivity index (χ3v) is 10.5. The third kappa shape index (κ3) is 7.18. The van der Waals surface area contributed by atoms with Crippen molar-refractivity contribution in [2.75, 3.05) is 82.0 Å². The lowest BCUT2D eigenvalue weighted by atomic mass is 10.0. The van der Waals surface area contributed by atoms with Crippen LogP contribution < -0.4 is 20.3 Å². The Morgan fingerprint density at radius 1 is 0.907 bits per heavy atom. The maximum Gasteiger partial charge on any atom is 0.245 e. The number of nitrogens with one attached hydrogen (secondary N) is 2. The Bertz CT molecular complexity index is 1470. The molecule has 0 radical (unpaired) electrons. The summed E-state index contributed by atoms with van der Waals surface area (Å²) in [5, 5.41) is 6.30. The largest absolute Gasteiger partial charge is 0.494 e. The van der Waals surface area contributed by atoms with Gasteiger partial charge in [-0.1, -0.05) is 26.0 Å². The van der Waals surface area contributed by atoms with Gasteiger partial charge in [0.1, 0.15) is 17.0 Å². The van der Waals surface area contributed by atoms with Crippen molar-refractivity contribution in [1.29, 1.82) is 0 Å². The van der Waals surface area contributed by atoms with Gasteiger partial charge in [0.2, 0.25) is 21.9 Å². The molecule has 1 aromatic heterocycles. The summed E-state index contributed by atoms with van der Waals surface area (Å²) >= 11 is 0. The first-order valence-corrected chi connectivity index (χ1v) is 16.4. The third-order valence-electron chi connectivity index (χ3n) is 8.34. The zero-order valence-electron chi connectivity index (χ0n) is 25.5. The van der Waals surface area contributed by atoms with Crippen molar-refractivity contribution < 1.29 is 13.2 Å². The van der Waals surface area contributed by atoms with Crippen LogP contribution in [0.15, 0.2) is 53.7 Å². The second-order valence-corrected chi connectivity index (χ2v) is 12.8. The van der Waals surface area contributed by atoms with E-state index in [0.29, 0.717) is 36.5 Å². The molecular formula is C30H43N9O3S. The second-order valence-electron chi connectivity index (χ2n) is 10.9. The zero-order valence-corrected chi connectivity index (χ0v) is 26.3. The van der Waals surface area contributed by atoms with Crippen LogP contribution in [0.2, 0.25) is 0 Å². The number of hydrogen-bond acceptors (Lipinski definition) is 11. The number of likely N-dealkylation sites (N-methyl/N-ethyl adjacent to an activating group) is 1. The van der Waals surface area contributed by atoms with E-state index >= 15 is 0 Å². The van der Waals surface area contributed by atoms with Crippen LogP contribution in [0.3, 0.4) is 0 Å². The Labute approximate surface area is 255 Å². The number of aromatic nitrogens is 3. The number of para-hydroxylation sites is 1. The molecule has 5 rings (SSSR count). The number of piperazine rings is 1. The lowest BCUT2D eigenvalue weighted by Gasteiger charge is -2.42. The summed E-state index contributed by atoms with van der Waals surface area (Å²) in [5.74, 6) is 1.21. The van der Waals surface area contributed by atoms with E-state index in [0.717, 1.165) is 63.5 Å². The molecule has 2 fully saturated rings. The zero-order chi connectivity index (χ0) is 30.4. The monoisotopic (exact) mass is 609 g/mol. The summed E-state index contributed by atoms with van der Waals surface area (Å²) in [5.41, 5.74) is 2.24. The van der Waals surface area contributed by atoms with Crippen LogP contribution in [0, 0.1) is 0 Å². The highest BCUT2D eigenvalue weighted by atomic mass is 32.2. The van der Waals surface area contributed by atoms with Crippen LogP contribution in [0.1, 0.15) is 26.7 Å². The molecule has 2 aliphatic rings. The summed E-state index contributed by atoms with van der Waals surface area (Å²) < 4.78 is 33.6. The minimum Gasteiger partial charge on any atom is -0.494 e. The summed E-state index contributed by atoms with van der Waals surface area (Å²) in [6, 6.07) is 13.5. The summed E-state index contributed by atoms with van der Waals surface area (Å²) in [7, 11) is 0.166. The Morgan fingerprint density at radius 2 is 1.56 bits per heavy atom. The lowest BCUT2D eigenvalue weighted by Crippen LogP contribution is -2.52. The molecule has 43 heavy (non-hydrogen) atoms. The topological polar surface area (TPSA) is 119 Å². The molecule has 2 saturated heterocycles. The minimum atomic E-state index is -3.68. The highest BCUT2D eigenvalue weighted by Gasteiger charge is 2.27. The van der Waals surface area contributed by atoms with Crippen LogP contribution in [-0.4, -0.2) is 110 Å². The highest BCUT2D eigenvalue weighted by Crippen LogP contribution is 2.33. The molecule has 2 aromatic carbocycles. The normalized spacial score (nSPS) is 17.3. The fourth-order valence-corrected chi connectivity index (χ4v) is 7.42. The molecule has 0 bridgehead atoms. The van der Waals surface area contributed by atoms with Gasteiger partial charge < -0.3 is 25.2 Å². The number of anilines is 5. The molecule has 13 heteroatoms. The molecule has 2 aliphatic heterocycles. The number of nitrogens with zero attached hydrogens (tertiary/aromatic N) is 7. The van der Waals surface area contributed by atoms with Gasteiger partial charge in [0.05, 0.1) is 18.5 Å². The van der Waals surface area contributed by atoms with Crippen LogP contribution >= 0.6 is 0 Å². The maximum absolute atomic E-state index is 13.2. The Kier molecular flexibility index (Phi) is 9.96. The van der Waals surface area contributed by atoms with Crippen molar-refractivity contribution in [3.63, 3.8) is 0 Å². The van der Waals surface area contributed by atoms with Gasteiger partial charge in [-0.15, -0.1) is 0 Å². The first-order chi connectivity index (χ1) is 20.8. The number of benzene rings is 2. The van der Waals surface area contributed by atoms with Gasteiger partial charge in [0.15, 0.2) is 0 Å². The fourth-order valence-electron chi connectivity index (χ4n) is 5.81. The van der Waals surface area contributed by atoms with E-state index in [1.54, 1.807) is 31.4 Å². The number of sulfonamides is 1. The Morgan fingerprint density at radius 3 is 2.21 bits per heavy atom. The highest BCUT2D eigenvalue weighted by molar-refractivity contribution is 7.89. The van der Waals surface area contributed by atoms with E-state index in [2.05, 4.69) is 53.4 Å². The van der Waals surface area contributed by atoms with Crippen LogP contribution in [0.25, 0.3) is 0 Å². The van der Waals surface area contributed by atoms with E-state index in [4.69, 9.17) is 4.74 Å². The van der Waals surface area contributed by atoms with Crippen LogP contribution in [-0.2, 0) is 10.0 Å². The average Bonchev–Trinajstić information content (AvgIpc) is 3.02. The summed E-state index contributed by atoms with van der Waals surface area (Å²) in [6.07, 6.45) is 3.70. The van der Waals surface area contributed by atoms with Gasteiger partial charge in [0, 0.05) is 70.2 Å². The van der Waals surface area contributed by atoms with E-state index in [1.807, 2.05) is 26.0 Å². The Balaban J connectivity index is 1.26. The van der Waals surface area contributed by atoms with Crippen LogP contribution in [0.4, 0.5) is 29.0 Å². The number of methoxy groups -OCH3 is 1. The molecule has 2 N–H and O–H groups in total. The van der Waals surface area contributed by atoms with E-state index in [1.165, 1.54) is 10.6 Å². The second kappa shape index (κ2) is 13.8. The Hall–Kier alpha value is -3.52. The molecule has 232 valence electrons. The predicted octanol–water partition coefficient (Wildman–Crippen LogP) is 3.61. The first kappa shape index (κ1) is 30.9. The molecule has 0 saturated carbocycles. The van der Waals surface area contributed by atoms with Gasteiger partial charge in [-0.05, 0) is 44.2 Å². The molecule has 3 heterocycles. The molecule has 12 nitrogen and oxygen atoms in total. The molecule has 0 atom stereocenters. The maximum atomic E-state index is 13.2. The summed E-state index contributed by atoms with van der Waals surface area (Å²) in [6.45, 7) is 11.0. The quantitative estimate of drug-likeness (QED) is 0.332. The van der Waals surface area contributed by atoms with Gasteiger partial charge in [0.25, 0.3) is 0 Å². The lowest BCUT2D eigenvalue weighted by molar-refractivity contribution is 0.0982. The standard InChI is InChI=1S/C30H43N9O3S/c1-5-39(6-2)43(40,41)28-10-8-7-9-26(28)34-30-32-22-31-29(35-30)33-25-12-11-24(21-27(25)42-4)37-15-13-23(14-16-37)38-19-17-36(3)18-20-38/h7-12,21-23H,5-6,13-20H2,1-4H3,(H2,31,32,33,34,35). The molecule has 0 amide bonds. The molecular weight excluding hydrogens is 566 g/mol. The first-order valence-electron chi connectivity index (χ1n) is 15.0. The molecule has 3 aromatic rings. The number of piperidine rings is 1. The SMILES string of the molecule is CCN(CC)S(=O)(=O)c1ccccc1Nc1ncnc(Nc2ccc(N3CCC(N4CCN(C)CC4)CC3)cc2OC)n1. The molecule has 0 aliphatic carbocycles. The smallest absolute Gasteiger partial charge is 0.245 e. The van der Waals surface area contributed by atoms with Crippen molar-refractivity contribution in [3.8, 4) is 5.75 Å². The van der Waals surface area contributed by atoms with Crippen molar-refractivity contribution in [1.82, 2.24) is 29.1 Å². The van der Waals surface area contributed by atoms with E-state index < -0.39 is 10.0 Å². The number of rotatable bonds is 11. The van der Waals surface area contributed by atoms with Crippen LogP contribution in [0.5, 0.6) is 5.75 Å². The van der Waals surface area contributed by atoms with Crippen molar-refractivity contribution >= 4 is 39.0 Å². The average molecular weight is 610 g/mol. The van der Waals surface area contributed by atoms with E-state index in [9.17, 15) is 8.42 Å². The summed E-state index contributed by atoms with van der Waals surface area (Å²) in [4.78, 5) is 20.6. The fraction of sp³-hybridized carbons (Fsp3) is 0.500. The van der Waals surface area contributed by atoms with Gasteiger partial charge in [-0.2, -0.15) is 9.29 Å². The van der Waals surface area contributed by atoms with Crippen molar-refractivity contribution in [2.45, 2.75) is 37.6 Å². The van der Waals surface area contributed by atoms with E-state index in [-0.39, 0.29) is 10.8 Å². The predicted molar refractivity (Wildman–Crippen MR) is 170 cm³/mol.